The molecule has 0 fully saturated rings. The lowest BCUT2D eigenvalue weighted by Crippen LogP contribution is -2.21. The molecule has 22 heavy (non-hydrogen) atoms. The first-order chi connectivity index (χ1) is 10.6. The Labute approximate surface area is 141 Å². The van der Waals surface area contributed by atoms with E-state index in [2.05, 4.69) is 27.8 Å². The number of aryl methyl sites for hydroxylation is 1. The maximum absolute atomic E-state index is 13.0. The summed E-state index contributed by atoms with van der Waals surface area (Å²) in [5, 5.41) is 1.35. The first kappa shape index (κ1) is 15.3. The summed E-state index contributed by atoms with van der Waals surface area (Å²) in [6.07, 6.45) is 0. The molecule has 0 unspecified atom stereocenters. The molecule has 1 aromatic heterocycles. The molecule has 3 aromatic rings. The third kappa shape index (κ3) is 2.83. The zero-order valence-electron chi connectivity index (χ0n) is 12.3. The Morgan fingerprint density at radius 2 is 2.05 bits per heavy atom. The van der Waals surface area contributed by atoms with E-state index in [0.717, 1.165) is 32.1 Å². The van der Waals surface area contributed by atoms with Crippen LogP contribution in [0.5, 0.6) is 0 Å². The summed E-state index contributed by atoms with van der Waals surface area (Å²) in [4.78, 5) is 17.7. The summed E-state index contributed by atoms with van der Waals surface area (Å²) in [6.45, 7) is 4.08. The van der Waals surface area contributed by atoms with Crippen molar-refractivity contribution in [3.63, 3.8) is 0 Å². The van der Waals surface area contributed by atoms with Crippen LogP contribution in [-0.2, 0) is 0 Å². The van der Waals surface area contributed by atoms with Gasteiger partial charge >= 0.3 is 0 Å². The molecule has 0 spiro atoms. The van der Waals surface area contributed by atoms with Gasteiger partial charge < -0.3 is 0 Å². The van der Waals surface area contributed by atoms with Crippen LogP contribution in [-0.4, -0.2) is 15.3 Å². The van der Waals surface area contributed by atoms with Gasteiger partial charge in [0.1, 0.15) is 0 Å². The Morgan fingerprint density at radius 1 is 1.23 bits per heavy atom. The summed E-state index contributed by atoms with van der Waals surface area (Å²) >= 11 is 5.00. The van der Waals surface area contributed by atoms with E-state index in [4.69, 9.17) is 0 Å². The topological polar surface area (TPSA) is 34.9 Å². The zero-order chi connectivity index (χ0) is 15.7. The quantitative estimate of drug-likeness (QED) is 0.497. The Kier molecular flexibility index (Phi) is 4.36. The van der Waals surface area contributed by atoms with Crippen molar-refractivity contribution in [1.82, 2.24) is 9.55 Å². The van der Waals surface area contributed by atoms with Gasteiger partial charge in [-0.3, -0.25) is 9.36 Å². The minimum Gasteiger partial charge on any atom is -0.268 e. The Bertz CT molecular complexity index is 905. The number of nitrogens with zero attached hydrogens (tertiary/aromatic N) is 2. The van der Waals surface area contributed by atoms with Gasteiger partial charge in [-0.2, -0.15) is 0 Å². The highest BCUT2D eigenvalue weighted by molar-refractivity contribution is 9.10. The van der Waals surface area contributed by atoms with E-state index >= 15 is 0 Å². The number of aromatic nitrogens is 2. The summed E-state index contributed by atoms with van der Waals surface area (Å²) in [7, 11) is 0. The predicted octanol–water partition coefficient (Wildman–Crippen LogP) is 4.57. The molecule has 3 rings (SSSR count). The zero-order valence-corrected chi connectivity index (χ0v) is 14.7. The van der Waals surface area contributed by atoms with E-state index < -0.39 is 0 Å². The number of benzene rings is 2. The number of hydrogen-bond acceptors (Lipinski definition) is 3. The van der Waals surface area contributed by atoms with Crippen molar-refractivity contribution in [3.8, 4) is 5.69 Å². The molecule has 112 valence electrons. The molecule has 0 aliphatic rings. The molecule has 0 atom stereocenters. The number of rotatable bonds is 3. The van der Waals surface area contributed by atoms with Crippen LogP contribution >= 0.6 is 27.7 Å². The van der Waals surface area contributed by atoms with E-state index in [9.17, 15) is 4.79 Å². The molecule has 0 saturated carbocycles. The fourth-order valence-electron chi connectivity index (χ4n) is 2.36. The molecule has 0 aliphatic heterocycles. The van der Waals surface area contributed by atoms with E-state index in [0.29, 0.717) is 5.39 Å². The van der Waals surface area contributed by atoms with Gasteiger partial charge in [0, 0.05) is 4.47 Å². The Hall–Kier alpha value is -1.59. The van der Waals surface area contributed by atoms with Crippen LogP contribution in [0.1, 0.15) is 12.5 Å². The highest BCUT2D eigenvalue weighted by Gasteiger charge is 2.13. The molecule has 0 bridgehead atoms. The number of halogens is 1. The summed E-state index contributed by atoms with van der Waals surface area (Å²) in [6, 6.07) is 13.5. The fourth-order valence-corrected chi connectivity index (χ4v) is 3.46. The molecular formula is C17H15BrN2OS. The smallest absolute Gasteiger partial charge is 0.266 e. The van der Waals surface area contributed by atoms with Crippen LogP contribution in [0, 0.1) is 6.92 Å². The van der Waals surface area contributed by atoms with Gasteiger partial charge in [0.2, 0.25) is 0 Å². The number of fused-ring (bicyclic) bond motifs is 1. The van der Waals surface area contributed by atoms with Crippen molar-refractivity contribution in [2.24, 2.45) is 0 Å². The molecular weight excluding hydrogens is 360 g/mol. The average Bonchev–Trinajstić information content (AvgIpc) is 2.49. The third-order valence-electron chi connectivity index (χ3n) is 3.33. The second kappa shape index (κ2) is 6.26. The SMILES string of the molecule is CCSc1nc2ccc(Br)cc2c(=O)n1-c1cccc(C)c1. The highest BCUT2D eigenvalue weighted by atomic mass is 79.9. The van der Waals surface area contributed by atoms with Crippen LogP contribution in [0.25, 0.3) is 16.6 Å². The first-order valence-corrected chi connectivity index (χ1v) is 8.80. The molecule has 3 nitrogen and oxygen atoms in total. The first-order valence-electron chi connectivity index (χ1n) is 7.02. The highest BCUT2D eigenvalue weighted by Crippen LogP contribution is 2.23. The lowest BCUT2D eigenvalue weighted by Gasteiger charge is -2.13. The lowest BCUT2D eigenvalue weighted by atomic mass is 10.2. The van der Waals surface area contributed by atoms with Crippen molar-refractivity contribution in [1.29, 1.82) is 0 Å². The van der Waals surface area contributed by atoms with Gasteiger partial charge in [-0.15, -0.1) is 0 Å². The molecule has 0 radical (unpaired) electrons. The molecule has 2 aromatic carbocycles. The van der Waals surface area contributed by atoms with Crippen molar-refractivity contribution in [2.75, 3.05) is 5.75 Å². The third-order valence-corrected chi connectivity index (χ3v) is 4.65. The molecule has 0 saturated heterocycles. The van der Waals surface area contributed by atoms with Crippen LogP contribution in [0.4, 0.5) is 0 Å². The minimum absolute atomic E-state index is 0.0344. The Balaban J connectivity index is 2.37. The van der Waals surface area contributed by atoms with Crippen LogP contribution in [0.2, 0.25) is 0 Å². The van der Waals surface area contributed by atoms with Crippen molar-refractivity contribution in [3.05, 3.63) is 62.9 Å². The lowest BCUT2D eigenvalue weighted by molar-refractivity contribution is 0.819. The summed E-state index contributed by atoms with van der Waals surface area (Å²) < 4.78 is 2.58. The second-order valence-corrected chi connectivity index (χ2v) is 7.12. The normalized spacial score (nSPS) is 11.0. The molecule has 1 heterocycles. The van der Waals surface area contributed by atoms with Gasteiger partial charge in [0.15, 0.2) is 5.16 Å². The van der Waals surface area contributed by atoms with Crippen molar-refractivity contribution >= 4 is 38.6 Å². The fraction of sp³-hybridized carbons (Fsp3) is 0.176. The maximum Gasteiger partial charge on any atom is 0.266 e. The summed E-state index contributed by atoms with van der Waals surface area (Å²) in [5.41, 5.74) is 2.67. The minimum atomic E-state index is -0.0344. The molecule has 5 heteroatoms. The maximum atomic E-state index is 13.0. The van der Waals surface area contributed by atoms with Gasteiger partial charge in [0.25, 0.3) is 5.56 Å². The van der Waals surface area contributed by atoms with Crippen LogP contribution < -0.4 is 5.56 Å². The van der Waals surface area contributed by atoms with E-state index in [1.807, 2.05) is 49.4 Å². The van der Waals surface area contributed by atoms with Crippen LogP contribution in [0.3, 0.4) is 0 Å². The van der Waals surface area contributed by atoms with Crippen molar-refractivity contribution < 1.29 is 0 Å². The Morgan fingerprint density at radius 3 is 2.77 bits per heavy atom. The average molecular weight is 375 g/mol. The molecule has 0 aliphatic carbocycles. The summed E-state index contributed by atoms with van der Waals surface area (Å²) in [5.74, 6) is 0.861. The van der Waals surface area contributed by atoms with Gasteiger partial charge in [-0.05, 0) is 48.6 Å². The van der Waals surface area contributed by atoms with Gasteiger partial charge in [-0.1, -0.05) is 46.7 Å². The van der Waals surface area contributed by atoms with Gasteiger partial charge in [0.05, 0.1) is 16.6 Å². The second-order valence-electron chi connectivity index (χ2n) is 4.97. The number of thioether (sulfide) groups is 1. The largest absolute Gasteiger partial charge is 0.268 e. The van der Waals surface area contributed by atoms with Gasteiger partial charge in [-0.25, -0.2) is 4.98 Å². The monoisotopic (exact) mass is 374 g/mol. The van der Waals surface area contributed by atoms with E-state index in [1.165, 1.54) is 0 Å². The van der Waals surface area contributed by atoms with Crippen LogP contribution in [0.15, 0.2) is 56.9 Å². The van der Waals surface area contributed by atoms with E-state index in [1.54, 1.807) is 16.3 Å². The predicted molar refractivity (Wildman–Crippen MR) is 96.2 cm³/mol. The van der Waals surface area contributed by atoms with Crippen molar-refractivity contribution in [2.45, 2.75) is 19.0 Å². The number of hydrogen-bond donors (Lipinski definition) is 0. The van der Waals surface area contributed by atoms with E-state index in [-0.39, 0.29) is 5.56 Å². The molecule has 0 amide bonds. The molecule has 0 N–H and O–H groups in total. The standard InChI is InChI=1S/C17H15BrN2OS/c1-3-22-17-19-15-8-7-12(18)10-14(15)16(21)20(17)13-6-4-5-11(2)9-13/h4-10H,3H2,1-2H3.